The lowest BCUT2D eigenvalue weighted by Gasteiger charge is -2.25. The maximum absolute atomic E-state index is 13.3. The molecule has 0 aliphatic heterocycles. The number of carbonyl (C=O) groups is 1. The zero-order valence-electron chi connectivity index (χ0n) is 13.9. The molecule has 4 heteroatoms. The number of amides is 1. The molecule has 0 aromatic heterocycles. The number of hydrogen-bond donors (Lipinski definition) is 2. The van der Waals surface area contributed by atoms with Gasteiger partial charge in [0.2, 0.25) is 0 Å². The summed E-state index contributed by atoms with van der Waals surface area (Å²) in [7, 11) is 0. The van der Waals surface area contributed by atoms with Crippen LogP contribution in [0.15, 0.2) is 42.5 Å². The third kappa shape index (κ3) is 3.49. The van der Waals surface area contributed by atoms with Gasteiger partial charge >= 0.3 is 0 Å². The number of aryl methyl sites for hydroxylation is 1. The van der Waals surface area contributed by atoms with Crippen LogP contribution in [-0.2, 0) is 6.42 Å². The van der Waals surface area contributed by atoms with Gasteiger partial charge in [-0.2, -0.15) is 0 Å². The molecule has 2 aromatic carbocycles. The number of rotatable bonds is 4. The first-order chi connectivity index (χ1) is 11.6. The first-order valence-electron chi connectivity index (χ1n) is 8.47. The Morgan fingerprint density at radius 1 is 1.33 bits per heavy atom. The fourth-order valence-electron chi connectivity index (χ4n) is 3.42. The van der Waals surface area contributed by atoms with Gasteiger partial charge < -0.3 is 11.1 Å². The number of nitrogens with two attached hydrogens (primary N) is 1. The van der Waals surface area contributed by atoms with E-state index in [0.717, 1.165) is 24.8 Å². The lowest BCUT2D eigenvalue weighted by atomic mass is 9.82. The van der Waals surface area contributed by atoms with Crippen molar-refractivity contribution >= 4 is 5.91 Å². The minimum atomic E-state index is -0.298. The molecule has 0 saturated carbocycles. The molecular weight excluding hydrogens is 303 g/mol. The van der Waals surface area contributed by atoms with Crippen LogP contribution in [0.4, 0.5) is 4.39 Å². The highest BCUT2D eigenvalue weighted by Crippen LogP contribution is 2.31. The molecule has 3 nitrogen and oxygen atoms in total. The lowest BCUT2D eigenvalue weighted by molar-refractivity contribution is 0.0939. The van der Waals surface area contributed by atoms with Gasteiger partial charge in [-0.05, 0) is 79.6 Å². The Bertz CT molecular complexity index is 744. The summed E-state index contributed by atoms with van der Waals surface area (Å²) in [5.41, 5.74) is 9.77. The van der Waals surface area contributed by atoms with Crippen molar-refractivity contribution in [2.24, 2.45) is 5.73 Å². The Balaban J connectivity index is 1.78. The van der Waals surface area contributed by atoms with Gasteiger partial charge in [-0.15, -0.1) is 0 Å². The average molecular weight is 326 g/mol. The van der Waals surface area contributed by atoms with Crippen molar-refractivity contribution in [1.29, 1.82) is 0 Å². The van der Waals surface area contributed by atoms with E-state index in [1.54, 1.807) is 6.07 Å². The summed E-state index contributed by atoms with van der Waals surface area (Å²) in [6.07, 6.45) is 3.28. The van der Waals surface area contributed by atoms with Gasteiger partial charge in [0.25, 0.3) is 5.91 Å². The second kappa shape index (κ2) is 7.14. The number of halogens is 1. The van der Waals surface area contributed by atoms with Crippen LogP contribution in [0.25, 0.3) is 0 Å². The highest BCUT2D eigenvalue weighted by atomic mass is 19.1. The van der Waals surface area contributed by atoms with E-state index in [2.05, 4.69) is 5.32 Å². The maximum Gasteiger partial charge on any atom is 0.251 e. The highest BCUT2D eigenvalue weighted by molar-refractivity contribution is 5.94. The van der Waals surface area contributed by atoms with E-state index in [0.29, 0.717) is 18.0 Å². The summed E-state index contributed by atoms with van der Waals surface area (Å²) in [6, 6.07) is 11.9. The summed E-state index contributed by atoms with van der Waals surface area (Å²) < 4.78 is 13.3. The predicted octanol–water partition coefficient (Wildman–Crippen LogP) is 3.70. The van der Waals surface area contributed by atoms with E-state index in [4.69, 9.17) is 5.73 Å². The van der Waals surface area contributed by atoms with Gasteiger partial charge in [-0.1, -0.05) is 18.2 Å². The van der Waals surface area contributed by atoms with E-state index in [-0.39, 0.29) is 17.8 Å². The SMILES string of the molecule is CC(NC(=O)c1ccc2c(c1)C(CN)CCC2)c1cccc(F)c1. The maximum atomic E-state index is 13.3. The standard InChI is InChI=1S/C20H23FN2O/c1-13(15-5-3-7-18(21)10-15)23-20(24)16-9-8-14-4-2-6-17(12-22)19(14)11-16/h3,5,7-11,13,17H,2,4,6,12,22H2,1H3,(H,23,24). The second-order valence-electron chi connectivity index (χ2n) is 6.49. The number of carbonyl (C=O) groups excluding carboxylic acids is 1. The van der Waals surface area contributed by atoms with Crippen molar-refractivity contribution in [2.45, 2.75) is 38.1 Å². The molecule has 2 aromatic rings. The summed E-state index contributed by atoms with van der Waals surface area (Å²) in [5.74, 6) is -0.105. The molecule has 0 fully saturated rings. The molecule has 2 unspecified atom stereocenters. The van der Waals surface area contributed by atoms with Crippen LogP contribution in [0, 0.1) is 5.82 Å². The Labute approximate surface area is 142 Å². The number of fused-ring (bicyclic) bond motifs is 1. The smallest absolute Gasteiger partial charge is 0.251 e. The minimum Gasteiger partial charge on any atom is -0.346 e. The van der Waals surface area contributed by atoms with Crippen molar-refractivity contribution in [3.63, 3.8) is 0 Å². The van der Waals surface area contributed by atoms with Crippen molar-refractivity contribution in [3.05, 3.63) is 70.5 Å². The van der Waals surface area contributed by atoms with Crippen LogP contribution < -0.4 is 11.1 Å². The molecule has 126 valence electrons. The first-order valence-corrected chi connectivity index (χ1v) is 8.47. The molecule has 1 aliphatic carbocycles. The normalized spacial score (nSPS) is 17.9. The molecule has 1 amide bonds. The Morgan fingerprint density at radius 2 is 2.17 bits per heavy atom. The molecule has 1 aliphatic rings. The van der Waals surface area contributed by atoms with Gasteiger partial charge in [0, 0.05) is 5.56 Å². The summed E-state index contributed by atoms with van der Waals surface area (Å²) >= 11 is 0. The molecule has 24 heavy (non-hydrogen) atoms. The zero-order valence-corrected chi connectivity index (χ0v) is 13.9. The quantitative estimate of drug-likeness (QED) is 0.900. The zero-order chi connectivity index (χ0) is 17.1. The third-order valence-electron chi connectivity index (χ3n) is 4.83. The fourth-order valence-corrected chi connectivity index (χ4v) is 3.42. The third-order valence-corrected chi connectivity index (χ3v) is 4.83. The molecule has 0 spiro atoms. The molecule has 0 saturated heterocycles. The Kier molecular flexibility index (Phi) is 4.95. The van der Waals surface area contributed by atoms with Crippen molar-refractivity contribution in [2.75, 3.05) is 6.54 Å². The van der Waals surface area contributed by atoms with Gasteiger partial charge in [-0.25, -0.2) is 4.39 Å². The van der Waals surface area contributed by atoms with Crippen molar-refractivity contribution < 1.29 is 9.18 Å². The van der Waals surface area contributed by atoms with E-state index >= 15 is 0 Å². The number of nitrogens with one attached hydrogen (secondary N) is 1. The molecule has 3 rings (SSSR count). The molecule has 0 bridgehead atoms. The first kappa shape index (κ1) is 16.7. The molecule has 3 N–H and O–H groups in total. The monoisotopic (exact) mass is 326 g/mol. The van der Waals surface area contributed by atoms with E-state index in [1.807, 2.05) is 31.2 Å². The highest BCUT2D eigenvalue weighted by Gasteiger charge is 2.21. The minimum absolute atomic E-state index is 0.143. The van der Waals surface area contributed by atoms with Crippen LogP contribution in [0.3, 0.4) is 0 Å². The number of benzene rings is 2. The Morgan fingerprint density at radius 3 is 2.92 bits per heavy atom. The van der Waals surface area contributed by atoms with Gasteiger partial charge in [0.15, 0.2) is 0 Å². The molecule has 0 heterocycles. The summed E-state index contributed by atoms with van der Waals surface area (Å²) in [5, 5.41) is 2.94. The summed E-state index contributed by atoms with van der Waals surface area (Å²) in [6.45, 7) is 2.46. The van der Waals surface area contributed by atoms with E-state index in [9.17, 15) is 9.18 Å². The van der Waals surface area contributed by atoms with Crippen LogP contribution in [0.2, 0.25) is 0 Å². The van der Waals surface area contributed by atoms with Crippen LogP contribution in [0.5, 0.6) is 0 Å². The lowest BCUT2D eigenvalue weighted by Crippen LogP contribution is -2.27. The fraction of sp³-hybridized carbons (Fsp3) is 0.350. The van der Waals surface area contributed by atoms with Crippen molar-refractivity contribution in [3.8, 4) is 0 Å². The van der Waals surface area contributed by atoms with Crippen molar-refractivity contribution in [1.82, 2.24) is 5.32 Å². The largest absolute Gasteiger partial charge is 0.346 e. The second-order valence-corrected chi connectivity index (χ2v) is 6.49. The van der Waals surface area contributed by atoms with Gasteiger partial charge in [0.1, 0.15) is 5.82 Å². The number of hydrogen-bond acceptors (Lipinski definition) is 2. The Hall–Kier alpha value is -2.20. The molecular formula is C20H23FN2O. The topological polar surface area (TPSA) is 55.1 Å². The van der Waals surface area contributed by atoms with Gasteiger partial charge in [0.05, 0.1) is 6.04 Å². The molecule has 2 atom stereocenters. The van der Waals surface area contributed by atoms with Gasteiger partial charge in [-0.3, -0.25) is 4.79 Å². The summed E-state index contributed by atoms with van der Waals surface area (Å²) in [4.78, 5) is 12.6. The molecule has 0 radical (unpaired) electrons. The average Bonchev–Trinajstić information content (AvgIpc) is 2.60. The van der Waals surface area contributed by atoms with E-state index in [1.165, 1.54) is 23.3 Å². The van der Waals surface area contributed by atoms with Crippen LogP contribution in [-0.4, -0.2) is 12.5 Å². The van der Waals surface area contributed by atoms with Crippen LogP contribution >= 0.6 is 0 Å². The van der Waals surface area contributed by atoms with Crippen LogP contribution in [0.1, 0.15) is 58.8 Å². The predicted molar refractivity (Wildman–Crippen MR) is 93.5 cm³/mol. The van der Waals surface area contributed by atoms with E-state index < -0.39 is 0 Å².